The fourth-order valence-electron chi connectivity index (χ4n) is 1.65. The van der Waals surface area contributed by atoms with Gasteiger partial charge in [-0.15, -0.1) is 0 Å². The average molecular weight is 279 g/mol. The summed E-state index contributed by atoms with van der Waals surface area (Å²) in [6, 6.07) is 7.21. The molecule has 0 spiro atoms. The number of halogens is 2. The van der Waals surface area contributed by atoms with Crippen molar-refractivity contribution in [2.75, 3.05) is 0 Å². The van der Waals surface area contributed by atoms with E-state index < -0.39 is 0 Å². The normalized spacial score (nSPS) is 10.1. The highest BCUT2D eigenvalue weighted by atomic mass is 35.5. The molecule has 2 aromatic rings. The van der Waals surface area contributed by atoms with E-state index in [4.69, 9.17) is 28.5 Å². The number of rotatable bonds is 1. The summed E-state index contributed by atoms with van der Waals surface area (Å²) in [6.07, 6.45) is 3.06. The lowest BCUT2D eigenvalue weighted by atomic mass is 10.1. The van der Waals surface area contributed by atoms with E-state index in [1.807, 2.05) is 6.07 Å². The lowest BCUT2D eigenvalue weighted by Gasteiger charge is -2.03. The number of carbonyl (C=O) groups is 1. The second-order valence-electron chi connectivity index (χ2n) is 3.73. The van der Waals surface area contributed by atoms with Gasteiger partial charge in [-0.05, 0) is 6.07 Å². The minimum Gasteiger partial charge on any atom is -0.293 e. The van der Waals surface area contributed by atoms with Gasteiger partial charge in [-0.2, -0.15) is 5.26 Å². The Kier molecular flexibility index (Phi) is 3.42. The molecule has 0 aliphatic heterocycles. The van der Waals surface area contributed by atoms with Crippen LogP contribution in [0.4, 0.5) is 0 Å². The SMILES string of the molecule is CC(=O)n1cc(C#N)c(-c2cccc(Cl)c2Cl)c1. The summed E-state index contributed by atoms with van der Waals surface area (Å²) in [5.41, 5.74) is 1.62. The van der Waals surface area contributed by atoms with Crippen LogP contribution < -0.4 is 0 Å². The number of nitriles is 1. The zero-order valence-electron chi connectivity index (χ0n) is 9.45. The van der Waals surface area contributed by atoms with Crippen LogP contribution >= 0.6 is 23.2 Å². The first-order chi connectivity index (χ1) is 8.54. The van der Waals surface area contributed by atoms with Crippen molar-refractivity contribution in [3.8, 4) is 17.2 Å². The molecule has 5 heteroatoms. The van der Waals surface area contributed by atoms with Crippen molar-refractivity contribution in [2.24, 2.45) is 0 Å². The van der Waals surface area contributed by atoms with Crippen LogP contribution in [-0.4, -0.2) is 10.5 Å². The van der Waals surface area contributed by atoms with Crippen LogP contribution in [0.2, 0.25) is 10.0 Å². The summed E-state index contributed by atoms with van der Waals surface area (Å²) in [6.45, 7) is 1.42. The first-order valence-electron chi connectivity index (χ1n) is 5.12. The lowest BCUT2D eigenvalue weighted by molar-refractivity contribution is 0.0937. The summed E-state index contributed by atoms with van der Waals surface area (Å²) < 4.78 is 1.35. The van der Waals surface area contributed by atoms with Crippen LogP contribution in [0, 0.1) is 11.3 Å². The summed E-state index contributed by atoms with van der Waals surface area (Å²) in [5, 5.41) is 9.87. The van der Waals surface area contributed by atoms with Gasteiger partial charge in [0.1, 0.15) is 6.07 Å². The fraction of sp³-hybridized carbons (Fsp3) is 0.0769. The number of aromatic nitrogens is 1. The van der Waals surface area contributed by atoms with Gasteiger partial charge < -0.3 is 0 Å². The van der Waals surface area contributed by atoms with E-state index >= 15 is 0 Å². The predicted octanol–water partition coefficient (Wildman–Crippen LogP) is 3.99. The van der Waals surface area contributed by atoms with Crippen LogP contribution in [0.1, 0.15) is 17.3 Å². The highest BCUT2D eigenvalue weighted by molar-refractivity contribution is 6.43. The van der Waals surface area contributed by atoms with Crippen molar-refractivity contribution in [2.45, 2.75) is 6.92 Å². The second-order valence-corrected chi connectivity index (χ2v) is 4.51. The Labute approximate surface area is 114 Å². The van der Waals surface area contributed by atoms with Gasteiger partial charge >= 0.3 is 0 Å². The molecule has 18 heavy (non-hydrogen) atoms. The summed E-state index contributed by atoms with van der Waals surface area (Å²) in [7, 11) is 0. The van der Waals surface area contributed by atoms with E-state index in [0.29, 0.717) is 26.7 Å². The third-order valence-corrected chi connectivity index (χ3v) is 3.37. The minimum atomic E-state index is -0.170. The molecule has 0 saturated carbocycles. The van der Waals surface area contributed by atoms with Crippen molar-refractivity contribution in [1.82, 2.24) is 4.57 Å². The zero-order chi connectivity index (χ0) is 13.3. The van der Waals surface area contributed by atoms with E-state index in [1.54, 1.807) is 24.4 Å². The van der Waals surface area contributed by atoms with E-state index in [-0.39, 0.29) is 5.91 Å². The van der Waals surface area contributed by atoms with Gasteiger partial charge in [-0.1, -0.05) is 35.3 Å². The minimum absolute atomic E-state index is 0.170. The van der Waals surface area contributed by atoms with Gasteiger partial charge in [-0.25, -0.2) is 0 Å². The average Bonchev–Trinajstić information content (AvgIpc) is 2.76. The van der Waals surface area contributed by atoms with Crippen molar-refractivity contribution in [3.63, 3.8) is 0 Å². The third-order valence-electron chi connectivity index (χ3n) is 2.55. The molecule has 0 aliphatic rings. The molecule has 0 unspecified atom stereocenters. The fourth-order valence-corrected chi connectivity index (χ4v) is 2.05. The van der Waals surface area contributed by atoms with Crippen molar-refractivity contribution in [3.05, 3.63) is 46.2 Å². The Balaban J connectivity index is 2.67. The van der Waals surface area contributed by atoms with Crippen molar-refractivity contribution in [1.29, 1.82) is 5.26 Å². The highest BCUT2D eigenvalue weighted by Crippen LogP contribution is 2.35. The quantitative estimate of drug-likeness (QED) is 0.792. The van der Waals surface area contributed by atoms with E-state index in [2.05, 4.69) is 0 Å². The first kappa shape index (κ1) is 12.7. The number of carbonyl (C=O) groups excluding carboxylic acids is 1. The van der Waals surface area contributed by atoms with Gasteiger partial charge in [0.2, 0.25) is 5.91 Å². The molecule has 0 N–H and O–H groups in total. The first-order valence-corrected chi connectivity index (χ1v) is 5.87. The summed E-state index contributed by atoms with van der Waals surface area (Å²) >= 11 is 12.0. The van der Waals surface area contributed by atoms with Crippen LogP contribution in [0.3, 0.4) is 0 Å². The molecule has 0 amide bonds. The molecule has 0 radical (unpaired) electrons. The maximum atomic E-state index is 11.3. The van der Waals surface area contributed by atoms with Gasteiger partial charge in [0.05, 0.1) is 15.6 Å². The van der Waals surface area contributed by atoms with Gasteiger partial charge in [0, 0.05) is 30.4 Å². The van der Waals surface area contributed by atoms with E-state index in [0.717, 1.165) is 0 Å². The van der Waals surface area contributed by atoms with Crippen molar-refractivity contribution >= 4 is 29.1 Å². The van der Waals surface area contributed by atoms with Crippen LogP contribution in [0.25, 0.3) is 11.1 Å². The van der Waals surface area contributed by atoms with Crippen LogP contribution in [0.15, 0.2) is 30.6 Å². The third kappa shape index (κ3) is 2.13. The Morgan fingerprint density at radius 1 is 1.28 bits per heavy atom. The molecule has 1 aromatic heterocycles. The monoisotopic (exact) mass is 278 g/mol. The smallest absolute Gasteiger partial charge is 0.227 e. The molecule has 0 saturated heterocycles. The molecule has 0 atom stereocenters. The summed E-state index contributed by atoms with van der Waals surface area (Å²) in [4.78, 5) is 11.3. The van der Waals surface area contributed by atoms with Crippen LogP contribution in [0.5, 0.6) is 0 Å². The largest absolute Gasteiger partial charge is 0.293 e. The number of hydrogen-bond donors (Lipinski definition) is 0. The zero-order valence-corrected chi connectivity index (χ0v) is 11.0. The molecule has 0 aliphatic carbocycles. The maximum Gasteiger partial charge on any atom is 0.227 e. The van der Waals surface area contributed by atoms with Crippen molar-refractivity contribution < 1.29 is 4.79 Å². The molecule has 1 aromatic carbocycles. The Morgan fingerprint density at radius 2 is 2.00 bits per heavy atom. The Bertz CT molecular complexity index is 668. The molecule has 90 valence electrons. The number of benzene rings is 1. The Morgan fingerprint density at radius 3 is 2.61 bits per heavy atom. The van der Waals surface area contributed by atoms with Crippen LogP contribution in [-0.2, 0) is 0 Å². The maximum absolute atomic E-state index is 11.3. The van der Waals surface area contributed by atoms with Gasteiger partial charge in [0.25, 0.3) is 0 Å². The van der Waals surface area contributed by atoms with E-state index in [9.17, 15) is 4.79 Å². The molecular formula is C13H8Cl2N2O. The van der Waals surface area contributed by atoms with Gasteiger partial charge in [-0.3, -0.25) is 9.36 Å². The molecule has 3 nitrogen and oxygen atoms in total. The Hall–Kier alpha value is -1.76. The number of hydrogen-bond acceptors (Lipinski definition) is 2. The molecule has 0 fully saturated rings. The molecule has 2 rings (SSSR count). The topological polar surface area (TPSA) is 45.8 Å². The standard InChI is InChI=1S/C13H8Cl2N2O/c1-8(18)17-6-9(5-16)11(7-17)10-3-2-4-12(14)13(10)15/h2-4,6-7H,1H3. The molecule has 0 bridgehead atoms. The molecule has 1 heterocycles. The lowest BCUT2D eigenvalue weighted by Crippen LogP contribution is -2.00. The highest BCUT2D eigenvalue weighted by Gasteiger charge is 2.14. The summed E-state index contributed by atoms with van der Waals surface area (Å²) in [5.74, 6) is -0.170. The van der Waals surface area contributed by atoms with E-state index in [1.165, 1.54) is 17.7 Å². The molecular weight excluding hydrogens is 271 g/mol. The van der Waals surface area contributed by atoms with Gasteiger partial charge in [0.15, 0.2) is 0 Å². The second kappa shape index (κ2) is 4.85. The predicted molar refractivity (Wildman–Crippen MR) is 70.9 cm³/mol. The number of nitrogens with zero attached hydrogens (tertiary/aromatic N) is 2.